The fraction of sp³-hybridized carbons (Fsp3) is 0.409. The Morgan fingerprint density at radius 3 is 3.07 bits per heavy atom. The Hall–Kier alpha value is -2.96. The van der Waals surface area contributed by atoms with Crippen LogP contribution in [0.15, 0.2) is 37.3 Å². The van der Waals surface area contributed by atoms with Gasteiger partial charge in [-0.15, -0.1) is 0 Å². The Balaban J connectivity index is 1.57. The van der Waals surface area contributed by atoms with E-state index in [1.54, 1.807) is 10.6 Å². The SMILES string of the molecule is C=C1N[C@H](C)CCc2ncc(F)cc2[C@@]23C[C@@H]2CCN3c2ccn3ncc1c3n2. The fourth-order valence-electron chi connectivity index (χ4n) is 5.33. The number of nitrogens with zero attached hydrogens (tertiary/aromatic N) is 5. The number of pyridine rings is 1. The first-order valence-corrected chi connectivity index (χ1v) is 10.3. The van der Waals surface area contributed by atoms with E-state index in [9.17, 15) is 4.39 Å². The minimum Gasteiger partial charge on any atom is -0.382 e. The van der Waals surface area contributed by atoms with Crippen molar-refractivity contribution in [2.24, 2.45) is 5.92 Å². The predicted octanol–water partition coefficient (Wildman–Crippen LogP) is 3.28. The van der Waals surface area contributed by atoms with Crippen LogP contribution in [0.4, 0.5) is 10.2 Å². The van der Waals surface area contributed by atoms with Crippen LogP contribution in [0.3, 0.4) is 0 Å². The van der Waals surface area contributed by atoms with E-state index < -0.39 is 0 Å². The first-order chi connectivity index (χ1) is 14.1. The molecule has 0 amide bonds. The average molecular weight is 390 g/mol. The van der Waals surface area contributed by atoms with Gasteiger partial charge in [0.25, 0.3) is 0 Å². The number of nitrogens with one attached hydrogen (secondary N) is 1. The fourth-order valence-corrected chi connectivity index (χ4v) is 5.33. The first-order valence-electron chi connectivity index (χ1n) is 10.3. The number of hydrogen-bond donors (Lipinski definition) is 1. The minimum absolute atomic E-state index is 0.183. The topological polar surface area (TPSA) is 58.4 Å². The summed E-state index contributed by atoms with van der Waals surface area (Å²) in [5.41, 5.74) is 4.40. The summed E-state index contributed by atoms with van der Waals surface area (Å²) in [5.74, 6) is 1.18. The van der Waals surface area contributed by atoms with E-state index in [1.165, 1.54) is 6.20 Å². The van der Waals surface area contributed by atoms with Gasteiger partial charge >= 0.3 is 0 Å². The van der Waals surface area contributed by atoms with Crippen molar-refractivity contribution in [3.63, 3.8) is 0 Å². The zero-order chi connectivity index (χ0) is 19.8. The van der Waals surface area contributed by atoms with Gasteiger partial charge in [0.2, 0.25) is 0 Å². The molecule has 1 saturated carbocycles. The predicted molar refractivity (Wildman–Crippen MR) is 109 cm³/mol. The van der Waals surface area contributed by atoms with E-state index in [4.69, 9.17) is 4.98 Å². The zero-order valence-corrected chi connectivity index (χ0v) is 16.4. The smallest absolute Gasteiger partial charge is 0.166 e. The molecule has 2 bridgehead atoms. The molecule has 6 nitrogen and oxygen atoms in total. The third-order valence-corrected chi connectivity index (χ3v) is 6.85. The number of fused-ring (bicyclic) bond motifs is 3. The summed E-state index contributed by atoms with van der Waals surface area (Å²) in [6.07, 6.45) is 8.94. The lowest BCUT2D eigenvalue weighted by Crippen LogP contribution is -2.35. The molecule has 29 heavy (non-hydrogen) atoms. The maximum Gasteiger partial charge on any atom is 0.166 e. The molecule has 7 heteroatoms. The zero-order valence-electron chi connectivity index (χ0n) is 16.4. The van der Waals surface area contributed by atoms with Gasteiger partial charge in [-0.2, -0.15) is 5.10 Å². The Labute approximate surface area is 168 Å². The number of aryl methyl sites for hydroxylation is 1. The molecule has 1 saturated heterocycles. The molecule has 3 aliphatic rings. The van der Waals surface area contributed by atoms with Gasteiger partial charge in [-0.3, -0.25) is 4.98 Å². The van der Waals surface area contributed by atoms with Crippen LogP contribution in [-0.2, 0) is 12.0 Å². The molecule has 3 atom stereocenters. The second-order valence-electron chi connectivity index (χ2n) is 8.59. The second-order valence-corrected chi connectivity index (χ2v) is 8.59. The van der Waals surface area contributed by atoms with Crippen LogP contribution in [0.25, 0.3) is 11.3 Å². The minimum atomic E-state index is -0.263. The number of piperidine rings is 1. The molecule has 1 aliphatic carbocycles. The average Bonchev–Trinajstić information content (AvgIpc) is 3.09. The van der Waals surface area contributed by atoms with Crippen molar-refractivity contribution >= 4 is 17.2 Å². The quantitative estimate of drug-likeness (QED) is 0.638. The van der Waals surface area contributed by atoms with Gasteiger partial charge in [-0.1, -0.05) is 6.58 Å². The molecule has 148 valence electrons. The van der Waals surface area contributed by atoms with Crippen molar-refractivity contribution in [1.82, 2.24) is 24.9 Å². The maximum atomic E-state index is 14.3. The normalized spacial score (nSPS) is 28.1. The number of rotatable bonds is 0. The van der Waals surface area contributed by atoms with Gasteiger partial charge in [0.15, 0.2) is 5.65 Å². The molecule has 1 N–H and O–H groups in total. The van der Waals surface area contributed by atoms with Crippen molar-refractivity contribution < 1.29 is 4.39 Å². The monoisotopic (exact) mass is 390 g/mol. The lowest BCUT2D eigenvalue weighted by Gasteiger charge is -2.31. The molecule has 2 fully saturated rings. The standard InChI is InChI=1S/C22H23FN6/c1-13-3-4-19-18(9-16(23)11-24-19)22-10-15(22)5-7-28(22)20-6-8-29-21(27-20)17(12-25-29)14(2)26-13/h6,8-9,11-13,15,26H,2-5,7,10H2,1H3/t13-,15+,22-/m1/s1. The molecule has 6 rings (SSSR count). The largest absolute Gasteiger partial charge is 0.382 e. The van der Waals surface area contributed by atoms with Crippen LogP contribution in [0.5, 0.6) is 0 Å². The summed E-state index contributed by atoms with van der Waals surface area (Å²) < 4.78 is 16.1. The van der Waals surface area contributed by atoms with Gasteiger partial charge in [-0.05, 0) is 50.7 Å². The summed E-state index contributed by atoms with van der Waals surface area (Å²) >= 11 is 0. The van der Waals surface area contributed by atoms with Crippen LogP contribution in [-0.4, -0.2) is 32.2 Å². The molecular formula is C22H23FN6. The van der Waals surface area contributed by atoms with Crippen molar-refractivity contribution in [3.05, 3.63) is 59.9 Å². The molecule has 2 aliphatic heterocycles. The second kappa shape index (κ2) is 5.78. The van der Waals surface area contributed by atoms with Crippen LogP contribution in [0.1, 0.15) is 43.0 Å². The van der Waals surface area contributed by atoms with Crippen LogP contribution < -0.4 is 10.2 Å². The van der Waals surface area contributed by atoms with Gasteiger partial charge in [0, 0.05) is 35.7 Å². The molecule has 0 radical (unpaired) electrons. The number of hydrogen-bond acceptors (Lipinski definition) is 5. The molecular weight excluding hydrogens is 367 g/mol. The van der Waals surface area contributed by atoms with Crippen molar-refractivity contribution in [2.75, 3.05) is 11.4 Å². The van der Waals surface area contributed by atoms with Crippen molar-refractivity contribution in [3.8, 4) is 0 Å². The van der Waals surface area contributed by atoms with Crippen LogP contribution >= 0.6 is 0 Å². The summed E-state index contributed by atoms with van der Waals surface area (Å²) in [4.78, 5) is 11.9. The summed E-state index contributed by atoms with van der Waals surface area (Å²) in [6, 6.07) is 3.92. The Morgan fingerprint density at radius 2 is 2.21 bits per heavy atom. The molecule has 3 aromatic heterocycles. The van der Waals surface area contributed by atoms with Gasteiger partial charge < -0.3 is 10.2 Å². The highest BCUT2D eigenvalue weighted by molar-refractivity contribution is 5.74. The highest BCUT2D eigenvalue weighted by atomic mass is 19.1. The number of anilines is 1. The van der Waals surface area contributed by atoms with E-state index in [0.717, 1.165) is 66.2 Å². The molecule has 5 heterocycles. The van der Waals surface area contributed by atoms with Crippen LogP contribution in [0.2, 0.25) is 0 Å². The van der Waals surface area contributed by atoms with Gasteiger partial charge in [-0.25, -0.2) is 13.9 Å². The van der Waals surface area contributed by atoms with E-state index in [1.807, 2.05) is 18.5 Å². The maximum absolute atomic E-state index is 14.3. The lowest BCUT2D eigenvalue weighted by atomic mass is 9.96. The van der Waals surface area contributed by atoms with Crippen LogP contribution in [0, 0.1) is 11.7 Å². The van der Waals surface area contributed by atoms with Gasteiger partial charge in [0.1, 0.15) is 11.6 Å². The highest BCUT2D eigenvalue weighted by Gasteiger charge is 2.64. The Bertz CT molecular complexity index is 1150. The molecule has 1 spiro atoms. The van der Waals surface area contributed by atoms with Gasteiger partial charge in [0.05, 0.1) is 23.5 Å². The first kappa shape index (κ1) is 16.9. The lowest BCUT2D eigenvalue weighted by molar-refractivity contribution is 0.567. The third-order valence-electron chi connectivity index (χ3n) is 6.85. The van der Waals surface area contributed by atoms with Crippen molar-refractivity contribution in [1.29, 1.82) is 0 Å². The third kappa shape index (κ3) is 2.36. The number of halogens is 1. The molecule has 0 unspecified atom stereocenters. The molecule has 3 aromatic rings. The number of aromatic nitrogens is 4. The van der Waals surface area contributed by atoms with E-state index in [-0.39, 0.29) is 17.4 Å². The molecule has 0 aromatic carbocycles. The summed E-state index contributed by atoms with van der Waals surface area (Å²) in [5, 5.41) is 7.93. The summed E-state index contributed by atoms with van der Waals surface area (Å²) in [7, 11) is 0. The highest BCUT2D eigenvalue weighted by Crippen LogP contribution is 2.63. The summed E-state index contributed by atoms with van der Waals surface area (Å²) in [6.45, 7) is 7.28. The van der Waals surface area contributed by atoms with E-state index in [0.29, 0.717) is 5.92 Å². The van der Waals surface area contributed by atoms with Crippen molar-refractivity contribution in [2.45, 2.75) is 44.2 Å². The Morgan fingerprint density at radius 1 is 1.31 bits per heavy atom. The van der Waals surface area contributed by atoms with E-state index in [2.05, 4.69) is 33.8 Å². The van der Waals surface area contributed by atoms with E-state index >= 15 is 0 Å². The Kier molecular flexibility index (Phi) is 3.38.